The molecule has 1 fully saturated rings. The van der Waals surface area contributed by atoms with E-state index in [1.165, 1.54) is 28.7 Å². The number of hydrogen-bond donors (Lipinski definition) is 1. The molecule has 0 spiro atoms. The highest BCUT2D eigenvalue weighted by atomic mass is 32.1. The Morgan fingerprint density at radius 2 is 1.86 bits per heavy atom. The molecule has 4 rings (SSSR count). The third-order valence-corrected chi connectivity index (χ3v) is 6.36. The van der Waals surface area contributed by atoms with Gasteiger partial charge in [0.05, 0.1) is 25.1 Å². The van der Waals surface area contributed by atoms with Crippen molar-refractivity contribution < 1.29 is 14.6 Å². The van der Waals surface area contributed by atoms with Gasteiger partial charge in [-0.05, 0) is 38.9 Å². The summed E-state index contributed by atoms with van der Waals surface area (Å²) >= 11 is 1.48. The minimum Gasteiger partial charge on any atom is -0.493 e. The van der Waals surface area contributed by atoms with E-state index in [2.05, 4.69) is 21.0 Å². The number of aryl methyl sites for hydroxylation is 1. The predicted octanol–water partition coefficient (Wildman–Crippen LogP) is 3.79. The number of fused-ring (bicyclic) bond motifs is 1. The van der Waals surface area contributed by atoms with Gasteiger partial charge >= 0.3 is 0 Å². The number of rotatable bonds is 5. The first-order chi connectivity index (χ1) is 13.6. The number of aromatic hydroxyl groups is 1. The summed E-state index contributed by atoms with van der Waals surface area (Å²) < 4.78 is 12.8. The largest absolute Gasteiger partial charge is 0.493 e. The molecule has 0 amide bonds. The molecule has 3 aromatic rings. The molecule has 1 aliphatic heterocycles. The third-order valence-electron chi connectivity index (χ3n) is 5.29. The predicted molar refractivity (Wildman–Crippen MR) is 109 cm³/mol. The van der Waals surface area contributed by atoms with Crippen molar-refractivity contribution >= 4 is 16.3 Å². The number of para-hydroxylation sites is 1. The lowest BCUT2D eigenvalue weighted by Crippen LogP contribution is -2.30. The highest BCUT2D eigenvalue weighted by Gasteiger charge is 2.32. The average Bonchev–Trinajstić information content (AvgIpc) is 3.06. The van der Waals surface area contributed by atoms with E-state index in [9.17, 15) is 5.11 Å². The topological polar surface area (TPSA) is 72.1 Å². The normalized spacial score (nSPS) is 16.8. The molecule has 1 atom stereocenters. The van der Waals surface area contributed by atoms with Gasteiger partial charge in [-0.25, -0.2) is 4.98 Å². The van der Waals surface area contributed by atoms with Gasteiger partial charge in [0, 0.05) is 5.56 Å². The van der Waals surface area contributed by atoms with Crippen molar-refractivity contribution in [2.45, 2.75) is 38.6 Å². The van der Waals surface area contributed by atoms with Gasteiger partial charge in [-0.3, -0.25) is 4.90 Å². The minimum absolute atomic E-state index is 0.142. The molecule has 3 heterocycles. The van der Waals surface area contributed by atoms with Crippen LogP contribution in [0.25, 0.3) is 4.96 Å². The molecule has 8 heteroatoms. The van der Waals surface area contributed by atoms with E-state index in [1.807, 2.05) is 19.1 Å². The first kappa shape index (κ1) is 19.0. The zero-order valence-electron chi connectivity index (χ0n) is 16.5. The van der Waals surface area contributed by atoms with E-state index >= 15 is 0 Å². The standard InChI is InChI=1S/C20H26N4O3S/c1-13-21-20-24(22-13)19(25)18(28-20)16(23-11-6-4-5-7-12-23)14-9-8-10-15(26-2)17(14)27-3/h8-10,16,25H,4-7,11-12H2,1-3H3/t16-/m0/s1. The van der Waals surface area contributed by atoms with Gasteiger partial charge in [-0.15, -0.1) is 5.10 Å². The second kappa shape index (κ2) is 7.97. The van der Waals surface area contributed by atoms with Crippen LogP contribution in [0.3, 0.4) is 0 Å². The molecule has 0 aliphatic carbocycles. The van der Waals surface area contributed by atoms with E-state index in [0.29, 0.717) is 22.3 Å². The highest BCUT2D eigenvalue weighted by Crippen LogP contribution is 2.45. The molecular formula is C20H26N4O3S. The molecule has 28 heavy (non-hydrogen) atoms. The molecule has 1 aromatic carbocycles. The summed E-state index contributed by atoms with van der Waals surface area (Å²) in [5.74, 6) is 2.20. The Hall–Kier alpha value is -2.32. The van der Waals surface area contributed by atoms with E-state index in [0.717, 1.165) is 36.4 Å². The summed E-state index contributed by atoms with van der Waals surface area (Å²) in [5.41, 5.74) is 0.986. The Morgan fingerprint density at radius 1 is 1.11 bits per heavy atom. The van der Waals surface area contributed by atoms with Crippen LogP contribution in [0.15, 0.2) is 18.2 Å². The van der Waals surface area contributed by atoms with Crippen molar-refractivity contribution in [1.29, 1.82) is 0 Å². The van der Waals surface area contributed by atoms with Crippen LogP contribution in [0.2, 0.25) is 0 Å². The fourth-order valence-corrected chi connectivity index (χ4v) is 5.16. The number of thiazole rings is 1. The van der Waals surface area contributed by atoms with Crippen LogP contribution in [-0.4, -0.2) is 51.9 Å². The Labute approximate surface area is 168 Å². The number of benzene rings is 1. The smallest absolute Gasteiger partial charge is 0.230 e. The second-order valence-electron chi connectivity index (χ2n) is 7.08. The maximum Gasteiger partial charge on any atom is 0.230 e. The molecule has 0 radical (unpaired) electrons. The molecule has 150 valence electrons. The maximum atomic E-state index is 11.0. The number of aromatic nitrogens is 3. The number of ether oxygens (including phenoxy) is 2. The Morgan fingerprint density at radius 3 is 2.50 bits per heavy atom. The maximum absolute atomic E-state index is 11.0. The highest BCUT2D eigenvalue weighted by molar-refractivity contribution is 7.17. The molecule has 1 aliphatic rings. The molecule has 1 N–H and O–H groups in total. The lowest BCUT2D eigenvalue weighted by Gasteiger charge is -2.31. The molecule has 7 nitrogen and oxygen atoms in total. The number of hydrogen-bond acceptors (Lipinski definition) is 7. The SMILES string of the molecule is COc1cccc([C@@H](c2sc3nc(C)nn3c2O)N2CCCCCC2)c1OC. The zero-order chi connectivity index (χ0) is 19.7. The van der Waals surface area contributed by atoms with Crippen LogP contribution in [0.1, 0.15) is 48.0 Å². The molecule has 0 bridgehead atoms. The minimum atomic E-state index is -0.142. The van der Waals surface area contributed by atoms with Gasteiger partial charge in [0.1, 0.15) is 5.82 Å². The van der Waals surface area contributed by atoms with Crippen LogP contribution in [-0.2, 0) is 0 Å². The third kappa shape index (κ3) is 3.31. The number of likely N-dealkylation sites (tertiary alicyclic amines) is 1. The summed E-state index contributed by atoms with van der Waals surface area (Å²) in [5, 5.41) is 15.3. The van der Waals surface area contributed by atoms with Gasteiger partial charge in [0.25, 0.3) is 0 Å². The van der Waals surface area contributed by atoms with Gasteiger partial charge in [0.2, 0.25) is 10.8 Å². The van der Waals surface area contributed by atoms with Crippen molar-refractivity contribution in [3.05, 3.63) is 34.5 Å². The van der Waals surface area contributed by atoms with Gasteiger partial charge in [-0.2, -0.15) is 4.52 Å². The van der Waals surface area contributed by atoms with Gasteiger partial charge in [0.15, 0.2) is 11.5 Å². The van der Waals surface area contributed by atoms with E-state index in [1.54, 1.807) is 14.2 Å². The molecule has 0 unspecified atom stereocenters. The van der Waals surface area contributed by atoms with Crippen molar-refractivity contribution in [2.75, 3.05) is 27.3 Å². The first-order valence-corrected chi connectivity index (χ1v) is 10.5. The fraction of sp³-hybridized carbons (Fsp3) is 0.500. The molecule has 1 saturated heterocycles. The Balaban J connectivity index is 1.89. The average molecular weight is 403 g/mol. The second-order valence-corrected chi connectivity index (χ2v) is 8.09. The fourth-order valence-electron chi connectivity index (χ4n) is 4.01. The van der Waals surface area contributed by atoms with E-state index in [-0.39, 0.29) is 11.9 Å². The van der Waals surface area contributed by atoms with Crippen LogP contribution in [0.5, 0.6) is 17.4 Å². The molecule has 0 saturated carbocycles. The molecule has 2 aromatic heterocycles. The summed E-state index contributed by atoms with van der Waals surface area (Å²) in [6, 6.07) is 5.78. The summed E-state index contributed by atoms with van der Waals surface area (Å²) in [7, 11) is 3.30. The van der Waals surface area contributed by atoms with Gasteiger partial charge < -0.3 is 14.6 Å². The van der Waals surface area contributed by atoms with Crippen molar-refractivity contribution in [1.82, 2.24) is 19.5 Å². The lowest BCUT2D eigenvalue weighted by molar-refractivity contribution is 0.227. The van der Waals surface area contributed by atoms with Crippen LogP contribution in [0.4, 0.5) is 0 Å². The summed E-state index contributed by atoms with van der Waals surface area (Å²) in [4.78, 5) is 8.42. The lowest BCUT2D eigenvalue weighted by atomic mass is 10.0. The first-order valence-electron chi connectivity index (χ1n) is 9.64. The quantitative estimate of drug-likeness (QED) is 0.700. The van der Waals surface area contributed by atoms with Crippen molar-refractivity contribution in [2.24, 2.45) is 0 Å². The van der Waals surface area contributed by atoms with Crippen LogP contribution >= 0.6 is 11.3 Å². The Kier molecular flexibility index (Phi) is 5.41. The van der Waals surface area contributed by atoms with Crippen LogP contribution < -0.4 is 9.47 Å². The summed E-state index contributed by atoms with van der Waals surface area (Å²) in [6.07, 6.45) is 4.75. The Bertz CT molecular complexity index is 960. The number of nitrogens with zero attached hydrogens (tertiary/aromatic N) is 4. The van der Waals surface area contributed by atoms with E-state index in [4.69, 9.17) is 9.47 Å². The van der Waals surface area contributed by atoms with Crippen molar-refractivity contribution in [3.63, 3.8) is 0 Å². The summed E-state index contributed by atoms with van der Waals surface area (Å²) in [6.45, 7) is 3.77. The van der Waals surface area contributed by atoms with Crippen LogP contribution in [0, 0.1) is 6.92 Å². The van der Waals surface area contributed by atoms with Crippen molar-refractivity contribution in [3.8, 4) is 17.4 Å². The van der Waals surface area contributed by atoms with E-state index < -0.39 is 0 Å². The monoisotopic (exact) mass is 402 g/mol. The zero-order valence-corrected chi connectivity index (χ0v) is 17.3. The number of methoxy groups -OCH3 is 2. The van der Waals surface area contributed by atoms with Gasteiger partial charge in [-0.1, -0.05) is 36.3 Å². The molecular weight excluding hydrogens is 376 g/mol.